The highest BCUT2D eigenvalue weighted by Crippen LogP contribution is 2.36. The topological polar surface area (TPSA) is 101 Å². The van der Waals surface area contributed by atoms with Gasteiger partial charge in [-0.2, -0.15) is 23.2 Å². The van der Waals surface area contributed by atoms with Crippen molar-refractivity contribution in [3.8, 4) is 17.5 Å². The third-order valence-electron chi connectivity index (χ3n) is 5.29. The number of nitriles is 1. The Bertz CT molecular complexity index is 1450. The van der Waals surface area contributed by atoms with Crippen molar-refractivity contribution in [2.45, 2.75) is 37.4 Å². The molecular weight excluding hydrogens is 455 g/mol. The fourth-order valence-corrected chi connectivity index (χ4v) is 4.56. The van der Waals surface area contributed by atoms with Crippen molar-refractivity contribution in [2.24, 2.45) is 0 Å². The van der Waals surface area contributed by atoms with Gasteiger partial charge in [-0.1, -0.05) is 13.0 Å². The molecule has 0 unspecified atom stereocenters. The van der Waals surface area contributed by atoms with Crippen LogP contribution in [0.3, 0.4) is 0 Å². The predicted molar refractivity (Wildman–Crippen MR) is 116 cm³/mol. The molecule has 0 saturated heterocycles. The second-order valence-corrected chi connectivity index (χ2v) is 9.17. The number of nitrogens with one attached hydrogen (secondary N) is 1. The van der Waals surface area contributed by atoms with Crippen LogP contribution in [-0.4, -0.2) is 35.2 Å². The van der Waals surface area contributed by atoms with Crippen molar-refractivity contribution in [3.63, 3.8) is 0 Å². The molecule has 3 aromatic rings. The Morgan fingerprint density at radius 2 is 1.97 bits per heavy atom. The number of hydrogen-bond donors (Lipinski definition) is 1. The van der Waals surface area contributed by atoms with E-state index in [0.29, 0.717) is 29.2 Å². The summed E-state index contributed by atoms with van der Waals surface area (Å²) < 4.78 is 66.4. The first-order chi connectivity index (χ1) is 15.6. The van der Waals surface area contributed by atoms with Crippen molar-refractivity contribution < 1.29 is 21.6 Å². The number of sulfonamides is 1. The lowest BCUT2D eigenvalue weighted by molar-refractivity contribution is -0.147. The molecule has 1 aliphatic carbocycles. The number of halogens is 3. The average molecular weight is 473 g/mol. The molecule has 4 rings (SSSR count). The van der Waals surface area contributed by atoms with Crippen LogP contribution in [0.4, 0.5) is 13.2 Å². The Morgan fingerprint density at radius 3 is 2.48 bits per heavy atom. The van der Waals surface area contributed by atoms with Crippen molar-refractivity contribution in [1.82, 2.24) is 19.3 Å². The average Bonchev–Trinajstić information content (AvgIpc) is 3.04. The molecule has 0 saturated carbocycles. The van der Waals surface area contributed by atoms with Gasteiger partial charge in [-0.25, -0.2) is 13.4 Å². The zero-order chi connectivity index (χ0) is 24.0. The van der Waals surface area contributed by atoms with Crippen LogP contribution in [0.15, 0.2) is 53.7 Å². The van der Waals surface area contributed by atoms with E-state index in [1.807, 2.05) is 31.2 Å². The van der Waals surface area contributed by atoms with E-state index >= 15 is 0 Å². The molecule has 170 valence electrons. The zero-order valence-corrected chi connectivity index (χ0v) is 18.4. The van der Waals surface area contributed by atoms with E-state index in [0.717, 1.165) is 29.9 Å². The molecule has 0 aromatic carbocycles. The van der Waals surface area contributed by atoms with Gasteiger partial charge in [0.15, 0.2) is 0 Å². The molecule has 1 aliphatic rings. The standard InChI is InChI=1S/C22H18F3N5O2S/c1-3-14-9-17-18(10-26)20(30(15-5-4-6-15)21(17)28-11-14)19-8-7-16(12-27-19)33(31,32)29-13(2)22(23,24)25/h4-9,11-13,29H,3H2,1-2H3/t13-/m0/s1. The summed E-state index contributed by atoms with van der Waals surface area (Å²) in [6.07, 6.45) is 4.20. The van der Waals surface area contributed by atoms with Crippen LogP contribution in [0.2, 0.25) is 0 Å². The summed E-state index contributed by atoms with van der Waals surface area (Å²) in [6, 6.07) is 4.34. The Labute approximate surface area is 187 Å². The maximum atomic E-state index is 12.8. The van der Waals surface area contributed by atoms with Gasteiger partial charge in [-0.15, -0.1) is 0 Å². The number of rotatable bonds is 6. The van der Waals surface area contributed by atoms with Gasteiger partial charge in [0, 0.05) is 23.5 Å². The Kier molecular flexibility index (Phi) is 5.59. The summed E-state index contributed by atoms with van der Waals surface area (Å²) in [4.78, 5) is 8.28. The van der Waals surface area contributed by atoms with Gasteiger partial charge in [0.05, 0.1) is 17.0 Å². The molecule has 3 aromatic heterocycles. The van der Waals surface area contributed by atoms with Crippen molar-refractivity contribution >= 4 is 26.8 Å². The minimum Gasteiger partial charge on any atom is -0.291 e. The van der Waals surface area contributed by atoms with E-state index < -0.39 is 27.1 Å². The van der Waals surface area contributed by atoms with Gasteiger partial charge in [0.25, 0.3) is 0 Å². The van der Waals surface area contributed by atoms with Gasteiger partial charge in [0.1, 0.15) is 22.7 Å². The second kappa shape index (κ2) is 8.13. The summed E-state index contributed by atoms with van der Waals surface area (Å²) in [5.41, 5.74) is 3.29. The Balaban J connectivity index is 1.82. The van der Waals surface area contributed by atoms with Gasteiger partial charge in [-0.05, 0) is 49.3 Å². The highest BCUT2D eigenvalue weighted by atomic mass is 32.2. The van der Waals surface area contributed by atoms with Crippen LogP contribution in [0.25, 0.3) is 28.1 Å². The number of fused-ring (bicyclic) bond motifs is 1. The quantitative estimate of drug-likeness (QED) is 0.579. The molecule has 0 aliphatic heterocycles. The Hall–Kier alpha value is -3.49. The summed E-state index contributed by atoms with van der Waals surface area (Å²) in [7, 11) is -4.45. The molecule has 11 heteroatoms. The molecule has 0 bridgehead atoms. The lowest BCUT2D eigenvalue weighted by atomic mass is 10.1. The fraction of sp³-hybridized carbons (Fsp3) is 0.227. The molecule has 1 N–H and O–H groups in total. The van der Waals surface area contributed by atoms with Gasteiger partial charge >= 0.3 is 6.18 Å². The van der Waals surface area contributed by atoms with Crippen LogP contribution in [0.5, 0.6) is 0 Å². The number of hydrogen-bond acceptors (Lipinski definition) is 5. The van der Waals surface area contributed by atoms with Crippen LogP contribution in [0, 0.1) is 11.3 Å². The smallest absolute Gasteiger partial charge is 0.291 e. The molecule has 0 radical (unpaired) electrons. The van der Waals surface area contributed by atoms with Crippen molar-refractivity contribution in [2.75, 3.05) is 0 Å². The van der Waals surface area contributed by atoms with Crippen molar-refractivity contribution in [3.05, 3.63) is 59.9 Å². The van der Waals surface area contributed by atoms with E-state index in [4.69, 9.17) is 0 Å². The molecular formula is C22H18F3N5O2S. The van der Waals surface area contributed by atoms with E-state index in [-0.39, 0.29) is 5.69 Å². The number of alkyl halides is 3. The first-order valence-electron chi connectivity index (χ1n) is 9.94. The summed E-state index contributed by atoms with van der Waals surface area (Å²) in [5, 5.41) is 10.5. The number of aryl methyl sites for hydroxylation is 1. The predicted octanol–water partition coefficient (Wildman–Crippen LogP) is 4.17. The molecule has 3 heterocycles. The summed E-state index contributed by atoms with van der Waals surface area (Å²) in [6.45, 7) is 2.69. The molecule has 0 spiro atoms. The normalized spacial score (nSPS) is 14.6. The molecule has 1 atom stereocenters. The lowest BCUT2D eigenvalue weighted by Crippen LogP contribution is -2.42. The highest BCUT2D eigenvalue weighted by molar-refractivity contribution is 7.89. The summed E-state index contributed by atoms with van der Waals surface area (Å²) in [5.74, 6) is 0. The largest absolute Gasteiger partial charge is 0.404 e. The van der Waals surface area contributed by atoms with E-state index in [1.165, 1.54) is 6.07 Å². The van der Waals surface area contributed by atoms with Crippen LogP contribution >= 0.6 is 0 Å². The lowest BCUT2D eigenvalue weighted by Gasteiger charge is -2.17. The third-order valence-corrected chi connectivity index (χ3v) is 6.82. The first-order valence-corrected chi connectivity index (χ1v) is 11.4. The van der Waals surface area contributed by atoms with Gasteiger partial charge in [-0.3, -0.25) is 9.55 Å². The van der Waals surface area contributed by atoms with Crippen LogP contribution < -0.4 is 4.72 Å². The van der Waals surface area contributed by atoms with E-state index in [2.05, 4.69) is 16.0 Å². The maximum absolute atomic E-state index is 12.8. The number of aromatic nitrogens is 3. The van der Waals surface area contributed by atoms with Crippen LogP contribution in [-0.2, 0) is 16.4 Å². The molecule has 0 fully saturated rings. The number of allylic oxidation sites excluding steroid dienone is 4. The SMILES string of the molecule is CCc1cnc2c(c1)c(C#N)c(-c1ccc(S(=O)(=O)N[C@@H](C)C(F)(F)F)cn1)n2C1=CC=C1. The maximum Gasteiger partial charge on any atom is 0.404 e. The minimum absolute atomic E-state index is 0.284. The fourth-order valence-electron chi connectivity index (χ4n) is 3.39. The van der Waals surface area contributed by atoms with Crippen molar-refractivity contribution in [1.29, 1.82) is 5.26 Å². The first kappa shape index (κ1) is 22.7. The van der Waals surface area contributed by atoms with E-state index in [9.17, 15) is 26.9 Å². The third kappa shape index (κ3) is 4.03. The van der Waals surface area contributed by atoms with Gasteiger partial charge in [0.2, 0.25) is 10.0 Å². The molecule has 7 nitrogen and oxygen atoms in total. The Morgan fingerprint density at radius 1 is 1.24 bits per heavy atom. The van der Waals surface area contributed by atoms with E-state index in [1.54, 1.807) is 15.5 Å². The molecule has 0 amide bonds. The minimum atomic E-state index is -4.72. The number of pyridine rings is 2. The van der Waals surface area contributed by atoms with Crippen LogP contribution in [0.1, 0.15) is 25.0 Å². The highest BCUT2D eigenvalue weighted by Gasteiger charge is 2.39. The second-order valence-electron chi connectivity index (χ2n) is 7.45. The summed E-state index contributed by atoms with van der Waals surface area (Å²) >= 11 is 0. The monoisotopic (exact) mass is 473 g/mol. The molecule has 33 heavy (non-hydrogen) atoms. The zero-order valence-electron chi connectivity index (χ0n) is 17.6. The van der Waals surface area contributed by atoms with Gasteiger partial charge < -0.3 is 0 Å². The number of nitrogens with zero attached hydrogens (tertiary/aromatic N) is 4.